The molecule has 21 heavy (non-hydrogen) atoms. The maximum atomic E-state index is 13.1. The first-order valence-electron chi connectivity index (χ1n) is 5.97. The van der Waals surface area contributed by atoms with Crippen molar-refractivity contribution in [3.05, 3.63) is 58.3 Å². The molecule has 0 aliphatic rings. The van der Waals surface area contributed by atoms with E-state index >= 15 is 0 Å². The first kappa shape index (κ1) is 15.0. The highest BCUT2D eigenvalue weighted by Gasteiger charge is 2.08. The van der Waals surface area contributed by atoms with E-state index in [1.54, 1.807) is 24.3 Å². The van der Waals surface area contributed by atoms with Crippen LogP contribution in [0.4, 0.5) is 10.1 Å². The smallest absolute Gasteiger partial charge is 0.262 e. The molecule has 0 radical (unpaired) electrons. The Morgan fingerprint density at radius 1 is 1.33 bits per heavy atom. The molecule has 1 amide bonds. The van der Waals surface area contributed by atoms with Gasteiger partial charge >= 0.3 is 0 Å². The molecular formula is C15H10BrFN2O2. The number of hydrogen-bond acceptors (Lipinski definition) is 3. The van der Waals surface area contributed by atoms with Gasteiger partial charge in [0.1, 0.15) is 17.6 Å². The van der Waals surface area contributed by atoms with Crippen molar-refractivity contribution >= 4 is 27.5 Å². The number of rotatable bonds is 4. The van der Waals surface area contributed by atoms with E-state index in [1.165, 1.54) is 18.2 Å². The number of benzene rings is 2. The summed E-state index contributed by atoms with van der Waals surface area (Å²) in [5.74, 6) is -0.469. The lowest BCUT2D eigenvalue weighted by Gasteiger charge is -2.09. The number of halogens is 2. The fraction of sp³-hybridized carbons (Fsp3) is 0.0667. The van der Waals surface area contributed by atoms with Gasteiger partial charge in [0.2, 0.25) is 0 Å². The number of ether oxygens (including phenoxy) is 1. The summed E-state index contributed by atoms with van der Waals surface area (Å²) in [6.45, 7) is -0.242. The molecule has 0 aliphatic heterocycles. The van der Waals surface area contributed by atoms with Crippen molar-refractivity contribution in [1.82, 2.24) is 0 Å². The van der Waals surface area contributed by atoms with Crippen molar-refractivity contribution in [2.45, 2.75) is 0 Å². The van der Waals surface area contributed by atoms with E-state index in [0.29, 0.717) is 17.0 Å². The number of carbonyl (C=O) groups excluding carboxylic acids is 1. The minimum absolute atomic E-state index is 0.242. The summed E-state index contributed by atoms with van der Waals surface area (Å²) in [6.07, 6.45) is 0. The molecule has 106 valence electrons. The molecule has 1 N–H and O–H groups in total. The van der Waals surface area contributed by atoms with Crippen LogP contribution in [0.15, 0.2) is 46.9 Å². The van der Waals surface area contributed by atoms with E-state index in [2.05, 4.69) is 21.2 Å². The molecule has 0 heterocycles. The van der Waals surface area contributed by atoms with Gasteiger partial charge in [0.25, 0.3) is 5.91 Å². The van der Waals surface area contributed by atoms with Crippen LogP contribution in [0.5, 0.6) is 5.75 Å². The lowest BCUT2D eigenvalue weighted by atomic mass is 10.2. The van der Waals surface area contributed by atoms with Crippen LogP contribution in [0, 0.1) is 17.1 Å². The zero-order chi connectivity index (χ0) is 15.2. The van der Waals surface area contributed by atoms with E-state index in [-0.39, 0.29) is 11.1 Å². The number of amides is 1. The van der Waals surface area contributed by atoms with Crippen molar-refractivity contribution in [2.75, 3.05) is 11.9 Å². The van der Waals surface area contributed by atoms with Gasteiger partial charge in [-0.1, -0.05) is 12.1 Å². The molecule has 0 spiro atoms. The second-order valence-corrected chi connectivity index (χ2v) is 4.93. The first-order valence-corrected chi connectivity index (χ1v) is 6.76. The molecule has 0 atom stereocenters. The summed E-state index contributed by atoms with van der Waals surface area (Å²) >= 11 is 3.04. The Hall–Kier alpha value is -2.39. The van der Waals surface area contributed by atoms with E-state index in [4.69, 9.17) is 10.00 Å². The summed E-state index contributed by atoms with van der Waals surface area (Å²) < 4.78 is 18.6. The van der Waals surface area contributed by atoms with Crippen LogP contribution in [-0.4, -0.2) is 12.5 Å². The standard InChI is InChI=1S/C15H10BrFN2O2/c16-12-7-11(5-6-13(12)17)19-15(20)9-21-14-4-2-1-3-10(14)8-18/h1-7H,9H2,(H,19,20). The predicted molar refractivity (Wildman–Crippen MR) is 79.4 cm³/mol. The molecular weight excluding hydrogens is 339 g/mol. The zero-order valence-corrected chi connectivity index (χ0v) is 12.4. The third-order valence-electron chi connectivity index (χ3n) is 2.57. The molecule has 6 heteroatoms. The van der Waals surface area contributed by atoms with Gasteiger partial charge in [0.05, 0.1) is 10.0 Å². The topological polar surface area (TPSA) is 62.1 Å². The highest BCUT2D eigenvalue weighted by molar-refractivity contribution is 9.10. The molecule has 0 aromatic heterocycles. The Balaban J connectivity index is 1.96. The van der Waals surface area contributed by atoms with Gasteiger partial charge in [-0.15, -0.1) is 0 Å². The third-order valence-corrected chi connectivity index (χ3v) is 3.18. The summed E-state index contributed by atoms with van der Waals surface area (Å²) in [7, 11) is 0. The Morgan fingerprint density at radius 3 is 2.81 bits per heavy atom. The minimum atomic E-state index is -0.410. The number of hydrogen-bond donors (Lipinski definition) is 1. The lowest BCUT2D eigenvalue weighted by Crippen LogP contribution is -2.20. The van der Waals surface area contributed by atoms with Crippen molar-refractivity contribution < 1.29 is 13.9 Å². The molecule has 2 aromatic carbocycles. The lowest BCUT2D eigenvalue weighted by molar-refractivity contribution is -0.118. The molecule has 4 nitrogen and oxygen atoms in total. The molecule has 0 bridgehead atoms. The second-order valence-electron chi connectivity index (χ2n) is 4.07. The zero-order valence-electron chi connectivity index (χ0n) is 10.8. The summed E-state index contributed by atoms with van der Waals surface area (Å²) in [6, 6.07) is 12.8. The van der Waals surface area contributed by atoms with Crippen LogP contribution in [-0.2, 0) is 4.79 Å². The van der Waals surface area contributed by atoms with Crippen LogP contribution in [0.1, 0.15) is 5.56 Å². The largest absolute Gasteiger partial charge is 0.482 e. The van der Waals surface area contributed by atoms with Crippen molar-refractivity contribution in [1.29, 1.82) is 5.26 Å². The Morgan fingerprint density at radius 2 is 2.10 bits per heavy atom. The third kappa shape index (κ3) is 4.04. The van der Waals surface area contributed by atoms with Gasteiger partial charge < -0.3 is 10.1 Å². The van der Waals surface area contributed by atoms with Gasteiger partial charge in [-0.25, -0.2) is 4.39 Å². The predicted octanol–water partition coefficient (Wildman–Crippen LogP) is 3.48. The molecule has 2 rings (SSSR count). The van der Waals surface area contributed by atoms with Crippen LogP contribution in [0.3, 0.4) is 0 Å². The maximum absolute atomic E-state index is 13.1. The maximum Gasteiger partial charge on any atom is 0.262 e. The van der Waals surface area contributed by atoms with Gasteiger partial charge in [0.15, 0.2) is 6.61 Å². The van der Waals surface area contributed by atoms with E-state index in [0.717, 1.165) is 0 Å². The number of para-hydroxylation sites is 1. The first-order chi connectivity index (χ1) is 10.1. The molecule has 0 saturated heterocycles. The van der Waals surface area contributed by atoms with Crippen molar-refractivity contribution in [3.8, 4) is 11.8 Å². The van der Waals surface area contributed by atoms with E-state index in [1.807, 2.05) is 6.07 Å². The number of nitrogens with zero attached hydrogens (tertiary/aromatic N) is 1. The SMILES string of the molecule is N#Cc1ccccc1OCC(=O)Nc1ccc(F)c(Br)c1. The number of carbonyl (C=O) groups is 1. The molecule has 2 aromatic rings. The number of anilines is 1. The number of nitriles is 1. The van der Waals surface area contributed by atoms with Crippen LogP contribution in [0.25, 0.3) is 0 Å². The summed E-state index contributed by atoms with van der Waals surface area (Å²) in [4.78, 5) is 11.8. The van der Waals surface area contributed by atoms with Crippen LogP contribution >= 0.6 is 15.9 Å². The Bertz CT molecular complexity index is 713. The molecule has 0 unspecified atom stereocenters. The minimum Gasteiger partial charge on any atom is -0.482 e. The van der Waals surface area contributed by atoms with Gasteiger partial charge in [-0.2, -0.15) is 5.26 Å². The second kappa shape index (κ2) is 6.86. The van der Waals surface area contributed by atoms with Crippen LogP contribution < -0.4 is 10.1 Å². The molecule has 0 saturated carbocycles. The van der Waals surface area contributed by atoms with Gasteiger partial charge in [-0.05, 0) is 46.3 Å². The molecule has 0 fully saturated rings. The normalized spacial score (nSPS) is 9.76. The van der Waals surface area contributed by atoms with E-state index < -0.39 is 11.7 Å². The fourth-order valence-electron chi connectivity index (χ4n) is 1.60. The van der Waals surface area contributed by atoms with Crippen LogP contribution in [0.2, 0.25) is 0 Å². The quantitative estimate of drug-likeness (QED) is 0.919. The van der Waals surface area contributed by atoms with Gasteiger partial charge in [-0.3, -0.25) is 4.79 Å². The average molecular weight is 349 g/mol. The van der Waals surface area contributed by atoms with Crippen molar-refractivity contribution in [2.24, 2.45) is 0 Å². The highest BCUT2D eigenvalue weighted by atomic mass is 79.9. The summed E-state index contributed by atoms with van der Waals surface area (Å²) in [5.41, 5.74) is 0.806. The monoisotopic (exact) mass is 348 g/mol. The number of nitrogens with one attached hydrogen (secondary N) is 1. The Labute approximate surface area is 129 Å². The fourth-order valence-corrected chi connectivity index (χ4v) is 1.98. The molecule has 0 aliphatic carbocycles. The average Bonchev–Trinajstić information content (AvgIpc) is 2.49. The van der Waals surface area contributed by atoms with Gasteiger partial charge in [0, 0.05) is 5.69 Å². The highest BCUT2D eigenvalue weighted by Crippen LogP contribution is 2.20. The van der Waals surface area contributed by atoms with E-state index in [9.17, 15) is 9.18 Å². The summed E-state index contributed by atoms with van der Waals surface area (Å²) in [5, 5.41) is 11.5. The van der Waals surface area contributed by atoms with Crippen molar-refractivity contribution in [3.63, 3.8) is 0 Å². The Kier molecular flexibility index (Phi) is 4.90.